The van der Waals surface area contributed by atoms with Crippen molar-refractivity contribution in [1.82, 2.24) is 0 Å². The van der Waals surface area contributed by atoms with E-state index in [1.165, 1.54) is 38.4 Å². The van der Waals surface area contributed by atoms with Crippen LogP contribution in [0.5, 0.6) is 0 Å². The van der Waals surface area contributed by atoms with Gasteiger partial charge in [0.15, 0.2) is 0 Å². The first-order valence-electron chi connectivity index (χ1n) is 6.91. The first-order valence-corrected chi connectivity index (χ1v) is 6.91. The number of ether oxygens (including phenoxy) is 1. The average Bonchev–Trinajstić information content (AvgIpc) is 2.46. The predicted octanol–water partition coefficient (Wildman–Crippen LogP) is 3.91. The third kappa shape index (κ3) is 3.59. The maximum Gasteiger partial charge on any atom is 0.305 e. The van der Waals surface area contributed by atoms with Crippen LogP contribution in [0, 0.1) is 5.92 Å². The highest BCUT2D eigenvalue weighted by Crippen LogP contribution is 2.37. The fourth-order valence-electron chi connectivity index (χ4n) is 2.93. The second kappa shape index (κ2) is 6.58. The Kier molecular flexibility index (Phi) is 4.80. The van der Waals surface area contributed by atoms with Crippen LogP contribution in [0.2, 0.25) is 0 Å². The number of esters is 1. The van der Waals surface area contributed by atoms with Crippen molar-refractivity contribution in [3.63, 3.8) is 0 Å². The van der Waals surface area contributed by atoms with Crippen molar-refractivity contribution < 1.29 is 9.53 Å². The molecule has 0 aliphatic heterocycles. The van der Waals surface area contributed by atoms with Crippen LogP contribution in [-0.2, 0) is 9.53 Å². The van der Waals surface area contributed by atoms with Crippen LogP contribution < -0.4 is 0 Å². The fourth-order valence-corrected chi connectivity index (χ4v) is 2.93. The minimum Gasteiger partial charge on any atom is -0.469 e. The van der Waals surface area contributed by atoms with Crippen LogP contribution in [0.25, 0.3) is 0 Å². The summed E-state index contributed by atoms with van der Waals surface area (Å²) in [7, 11) is 1.47. The first-order chi connectivity index (χ1) is 8.79. The van der Waals surface area contributed by atoms with E-state index in [1.807, 2.05) is 0 Å². The summed E-state index contributed by atoms with van der Waals surface area (Å²) in [6, 6.07) is 10.8. The monoisotopic (exact) mass is 246 g/mol. The van der Waals surface area contributed by atoms with E-state index in [9.17, 15) is 4.79 Å². The van der Waals surface area contributed by atoms with Gasteiger partial charge in [-0.15, -0.1) is 0 Å². The minimum atomic E-state index is -0.0693. The molecule has 1 saturated carbocycles. The highest BCUT2D eigenvalue weighted by Gasteiger charge is 2.22. The Balaban J connectivity index is 1.76. The molecular weight excluding hydrogens is 224 g/mol. The smallest absolute Gasteiger partial charge is 0.305 e. The molecule has 0 aromatic heterocycles. The van der Waals surface area contributed by atoms with Gasteiger partial charge in [-0.1, -0.05) is 30.3 Å². The van der Waals surface area contributed by atoms with E-state index in [0.717, 1.165) is 12.3 Å². The third-order valence-corrected chi connectivity index (χ3v) is 4.10. The average molecular weight is 246 g/mol. The van der Waals surface area contributed by atoms with Crippen molar-refractivity contribution in [3.8, 4) is 0 Å². The van der Waals surface area contributed by atoms with Crippen LogP contribution in [0.4, 0.5) is 0 Å². The van der Waals surface area contributed by atoms with Crippen LogP contribution in [0.1, 0.15) is 50.0 Å². The molecule has 1 aromatic rings. The van der Waals surface area contributed by atoms with Crippen molar-refractivity contribution in [1.29, 1.82) is 0 Å². The second-order valence-electron chi connectivity index (χ2n) is 5.24. The number of hydrogen-bond acceptors (Lipinski definition) is 2. The molecule has 98 valence electrons. The quantitative estimate of drug-likeness (QED) is 0.753. The molecule has 0 heterocycles. The van der Waals surface area contributed by atoms with E-state index in [2.05, 4.69) is 30.3 Å². The van der Waals surface area contributed by atoms with E-state index >= 15 is 0 Å². The lowest BCUT2D eigenvalue weighted by atomic mass is 9.77. The van der Waals surface area contributed by atoms with Gasteiger partial charge in [-0.3, -0.25) is 4.79 Å². The lowest BCUT2D eigenvalue weighted by Gasteiger charge is -2.28. The molecule has 2 heteroatoms. The topological polar surface area (TPSA) is 26.3 Å². The van der Waals surface area contributed by atoms with Crippen molar-refractivity contribution in [2.45, 2.75) is 44.4 Å². The van der Waals surface area contributed by atoms with E-state index in [4.69, 9.17) is 4.74 Å². The summed E-state index contributed by atoms with van der Waals surface area (Å²) in [5.41, 5.74) is 1.48. The molecule has 0 atom stereocenters. The van der Waals surface area contributed by atoms with Gasteiger partial charge in [0.1, 0.15) is 0 Å². The van der Waals surface area contributed by atoms with Gasteiger partial charge in [-0.2, -0.15) is 0 Å². The number of carbonyl (C=O) groups excluding carboxylic acids is 1. The molecule has 2 rings (SSSR count). The molecule has 1 aliphatic rings. The molecule has 1 aliphatic carbocycles. The first kappa shape index (κ1) is 13.1. The maximum atomic E-state index is 11.1. The van der Waals surface area contributed by atoms with Gasteiger partial charge in [-0.25, -0.2) is 0 Å². The zero-order valence-corrected chi connectivity index (χ0v) is 11.1. The molecular formula is C16H22O2. The number of benzene rings is 1. The maximum absolute atomic E-state index is 11.1. The minimum absolute atomic E-state index is 0.0693. The van der Waals surface area contributed by atoms with Gasteiger partial charge in [-0.05, 0) is 49.5 Å². The number of rotatable bonds is 4. The summed E-state index contributed by atoms with van der Waals surface area (Å²) < 4.78 is 4.69. The Morgan fingerprint density at radius 3 is 2.44 bits per heavy atom. The van der Waals surface area contributed by atoms with E-state index in [1.54, 1.807) is 0 Å². The Hall–Kier alpha value is -1.31. The van der Waals surface area contributed by atoms with Crippen LogP contribution in [0.15, 0.2) is 30.3 Å². The van der Waals surface area contributed by atoms with E-state index in [-0.39, 0.29) is 5.97 Å². The summed E-state index contributed by atoms with van der Waals surface area (Å²) in [6.45, 7) is 0. The molecule has 0 radical (unpaired) electrons. The Morgan fingerprint density at radius 2 is 1.83 bits per heavy atom. The van der Waals surface area contributed by atoms with Gasteiger partial charge in [0, 0.05) is 6.42 Å². The van der Waals surface area contributed by atoms with Crippen molar-refractivity contribution in [2.24, 2.45) is 5.92 Å². The van der Waals surface area contributed by atoms with Gasteiger partial charge in [0.05, 0.1) is 7.11 Å². The summed E-state index contributed by atoms with van der Waals surface area (Å²) in [5.74, 6) is 1.37. The third-order valence-electron chi connectivity index (χ3n) is 4.10. The fraction of sp³-hybridized carbons (Fsp3) is 0.562. The number of hydrogen-bond donors (Lipinski definition) is 0. The van der Waals surface area contributed by atoms with Crippen LogP contribution in [0.3, 0.4) is 0 Å². The highest BCUT2D eigenvalue weighted by molar-refractivity contribution is 5.69. The molecule has 0 spiro atoms. The number of methoxy groups -OCH3 is 1. The second-order valence-corrected chi connectivity index (χ2v) is 5.24. The van der Waals surface area contributed by atoms with Crippen molar-refractivity contribution in [2.75, 3.05) is 7.11 Å². The molecule has 0 N–H and O–H groups in total. The highest BCUT2D eigenvalue weighted by atomic mass is 16.5. The van der Waals surface area contributed by atoms with Crippen LogP contribution >= 0.6 is 0 Å². The molecule has 18 heavy (non-hydrogen) atoms. The van der Waals surface area contributed by atoms with Gasteiger partial charge in [0.2, 0.25) is 0 Å². The lowest BCUT2D eigenvalue weighted by molar-refractivity contribution is -0.141. The lowest BCUT2D eigenvalue weighted by Crippen LogP contribution is -2.14. The molecule has 2 nitrogen and oxygen atoms in total. The molecule has 0 amide bonds. The molecule has 0 saturated heterocycles. The molecule has 0 bridgehead atoms. The van der Waals surface area contributed by atoms with E-state index < -0.39 is 0 Å². The van der Waals surface area contributed by atoms with Crippen molar-refractivity contribution >= 4 is 5.97 Å². The van der Waals surface area contributed by atoms with Gasteiger partial charge in [0.25, 0.3) is 0 Å². The zero-order valence-electron chi connectivity index (χ0n) is 11.1. The summed E-state index contributed by atoms with van der Waals surface area (Å²) in [4.78, 5) is 11.1. The summed E-state index contributed by atoms with van der Waals surface area (Å²) in [5, 5.41) is 0. The molecule has 1 aromatic carbocycles. The Bertz CT molecular complexity index is 364. The number of carbonyl (C=O) groups is 1. The van der Waals surface area contributed by atoms with Gasteiger partial charge < -0.3 is 4.74 Å². The van der Waals surface area contributed by atoms with Crippen molar-refractivity contribution in [3.05, 3.63) is 35.9 Å². The van der Waals surface area contributed by atoms with Gasteiger partial charge >= 0.3 is 5.97 Å². The SMILES string of the molecule is COC(=O)CC[C@H]1CC[C@H](c2ccccc2)CC1. The molecule has 1 fully saturated rings. The molecule has 0 unspecified atom stereocenters. The Morgan fingerprint density at radius 1 is 1.17 bits per heavy atom. The summed E-state index contributed by atoms with van der Waals surface area (Å²) in [6.07, 6.45) is 6.59. The largest absolute Gasteiger partial charge is 0.469 e. The van der Waals surface area contributed by atoms with Crippen LogP contribution in [-0.4, -0.2) is 13.1 Å². The summed E-state index contributed by atoms with van der Waals surface area (Å²) >= 11 is 0. The van der Waals surface area contributed by atoms with E-state index in [0.29, 0.717) is 12.3 Å². The standard InChI is InChI=1S/C16H22O2/c1-18-16(17)12-9-13-7-10-15(11-8-13)14-5-3-2-4-6-14/h2-6,13,15H,7-12H2,1H3/t13-,15-. The Labute approximate surface area is 109 Å². The predicted molar refractivity (Wildman–Crippen MR) is 72.4 cm³/mol. The normalized spacial score (nSPS) is 23.6. The zero-order chi connectivity index (χ0) is 12.8.